The van der Waals surface area contributed by atoms with E-state index in [0.717, 1.165) is 27.7 Å². The van der Waals surface area contributed by atoms with Crippen LogP contribution in [0.5, 0.6) is 0 Å². The van der Waals surface area contributed by atoms with Crippen molar-refractivity contribution in [1.82, 2.24) is 14.9 Å². The molecule has 1 N–H and O–H groups in total. The van der Waals surface area contributed by atoms with Gasteiger partial charge in [0.15, 0.2) is 0 Å². The van der Waals surface area contributed by atoms with Gasteiger partial charge in [0.05, 0.1) is 31.0 Å². The molecule has 35 heavy (non-hydrogen) atoms. The number of hydrogen-bond donors (Lipinski definition) is 1. The Morgan fingerprint density at radius 2 is 1.66 bits per heavy atom. The van der Waals surface area contributed by atoms with Crippen LogP contribution in [0.1, 0.15) is 22.8 Å². The van der Waals surface area contributed by atoms with Gasteiger partial charge in [-0.3, -0.25) is 9.36 Å². The SMILES string of the molecule is COC(=O)c1ccc(-c2c(C[C@H](NC(C)=O)C(=O)OC)c3ccccc3n2-c2ccccn2)cc1. The first-order chi connectivity index (χ1) is 16.9. The number of fused-ring (bicyclic) bond motifs is 1. The summed E-state index contributed by atoms with van der Waals surface area (Å²) in [4.78, 5) is 41.0. The lowest BCUT2D eigenvalue weighted by Crippen LogP contribution is -2.42. The predicted octanol–water partition coefficient (Wildman–Crippen LogP) is 3.70. The molecule has 0 aliphatic carbocycles. The van der Waals surface area contributed by atoms with Crippen LogP contribution in [0, 0.1) is 0 Å². The molecule has 1 atom stereocenters. The molecule has 2 heterocycles. The normalized spacial score (nSPS) is 11.6. The Kier molecular flexibility index (Phi) is 6.91. The van der Waals surface area contributed by atoms with Gasteiger partial charge in [0.2, 0.25) is 5.91 Å². The first kappa shape index (κ1) is 23.7. The third-order valence-corrected chi connectivity index (χ3v) is 5.71. The van der Waals surface area contributed by atoms with Crippen molar-refractivity contribution in [3.8, 4) is 17.1 Å². The maximum absolute atomic E-state index is 12.6. The van der Waals surface area contributed by atoms with Crippen LogP contribution in [0.15, 0.2) is 72.9 Å². The maximum Gasteiger partial charge on any atom is 0.337 e. The Hall–Kier alpha value is -4.46. The number of rotatable bonds is 7. The van der Waals surface area contributed by atoms with Crippen molar-refractivity contribution in [2.24, 2.45) is 0 Å². The summed E-state index contributed by atoms with van der Waals surface area (Å²) < 4.78 is 11.8. The Balaban J connectivity index is 1.99. The molecule has 0 bridgehead atoms. The van der Waals surface area contributed by atoms with Crippen LogP contribution >= 0.6 is 0 Å². The molecule has 0 aliphatic heterocycles. The van der Waals surface area contributed by atoms with Gasteiger partial charge in [-0.2, -0.15) is 0 Å². The molecule has 0 unspecified atom stereocenters. The highest BCUT2D eigenvalue weighted by atomic mass is 16.5. The second kappa shape index (κ2) is 10.2. The number of carbonyl (C=O) groups excluding carboxylic acids is 3. The number of para-hydroxylation sites is 1. The minimum Gasteiger partial charge on any atom is -0.467 e. The first-order valence-electron chi connectivity index (χ1n) is 11.0. The van der Waals surface area contributed by atoms with Crippen molar-refractivity contribution in [3.63, 3.8) is 0 Å². The van der Waals surface area contributed by atoms with Gasteiger partial charge < -0.3 is 14.8 Å². The van der Waals surface area contributed by atoms with E-state index in [9.17, 15) is 14.4 Å². The highest BCUT2D eigenvalue weighted by Crippen LogP contribution is 2.37. The fourth-order valence-electron chi connectivity index (χ4n) is 4.21. The van der Waals surface area contributed by atoms with Gasteiger partial charge in [0.1, 0.15) is 11.9 Å². The molecular formula is C27H25N3O5. The first-order valence-corrected chi connectivity index (χ1v) is 11.0. The van der Waals surface area contributed by atoms with Crippen molar-refractivity contribution in [2.45, 2.75) is 19.4 Å². The van der Waals surface area contributed by atoms with Gasteiger partial charge in [-0.15, -0.1) is 0 Å². The summed E-state index contributed by atoms with van der Waals surface area (Å²) in [6, 6.07) is 19.6. The summed E-state index contributed by atoms with van der Waals surface area (Å²) in [5.74, 6) is -0.616. The molecule has 0 aliphatic rings. The number of aromatic nitrogens is 2. The van der Waals surface area contributed by atoms with E-state index in [4.69, 9.17) is 9.47 Å². The molecule has 4 rings (SSSR count). The van der Waals surface area contributed by atoms with E-state index in [0.29, 0.717) is 11.4 Å². The zero-order chi connectivity index (χ0) is 24.9. The Bertz CT molecular complexity index is 1380. The Morgan fingerprint density at radius 3 is 2.29 bits per heavy atom. The van der Waals surface area contributed by atoms with Crippen LogP contribution in [0.25, 0.3) is 28.0 Å². The van der Waals surface area contributed by atoms with E-state index in [1.807, 2.05) is 59.2 Å². The lowest BCUT2D eigenvalue weighted by molar-refractivity contribution is -0.144. The highest BCUT2D eigenvalue weighted by Gasteiger charge is 2.27. The van der Waals surface area contributed by atoms with Crippen molar-refractivity contribution in [2.75, 3.05) is 14.2 Å². The molecule has 0 radical (unpaired) electrons. The van der Waals surface area contributed by atoms with Crippen LogP contribution in [-0.4, -0.2) is 47.7 Å². The van der Waals surface area contributed by atoms with Gasteiger partial charge >= 0.3 is 11.9 Å². The monoisotopic (exact) mass is 471 g/mol. The van der Waals surface area contributed by atoms with Gasteiger partial charge in [0.25, 0.3) is 0 Å². The molecule has 8 heteroatoms. The van der Waals surface area contributed by atoms with Crippen LogP contribution in [-0.2, 0) is 25.5 Å². The number of nitrogens with zero attached hydrogens (tertiary/aromatic N) is 2. The lowest BCUT2D eigenvalue weighted by Gasteiger charge is -2.17. The molecule has 0 fully saturated rings. The van der Waals surface area contributed by atoms with Crippen molar-refractivity contribution in [1.29, 1.82) is 0 Å². The maximum atomic E-state index is 12.6. The zero-order valence-corrected chi connectivity index (χ0v) is 19.6. The number of amides is 1. The van der Waals surface area contributed by atoms with E-state index in [2.05, 4.69) is 10.3 Å². The fourth-order valence-corrected chi connectivity index (χ4v) is 4.21. The van der Waals surface area contributed by atoms with Crippen LogP contribution in [0.2, 0.25) is 0 Å². The third-order valence-electron chi connectivity index (χ3n) is 5.71. The number of carbonyl (C=O) groups is 3. The molecule has 0 saturated carbocycles. The zero-order valence-electron chi connectivity index (χ0n) is 19.6. The molecule has 178 valence electrons. The number of ether oxygens (including phenoxy) is 2. The Labute approximate surface area is 202 Å². The predicted molar refractivity (Wildman–Crippen MR) is 131 cm³/mol. The number of pyridine rings is 1. The van der Waals surface area contributed by atoms with Gasteiger partial charge in [-0.05, 0) is 41.5 Å². The molecule has 2 aromatic carbocycles. The van der Waals surface area contributed by atoms with Crippen LogP contribution in [0.4, 0.5) is 0 Å². The van der Waals surface area contributed by atoms with Gasteiger partial charge in [0, 0.05) is 24.9 Å². The number of hydrogen-bond acceptors (Lipinski definition) is 6. The summed E-state index contributed by atoms with van der Waals surface area (Å²) in [6.07, 6.45) is 1.91. The minimum atomic E-state index is -0.881. The van der Waals surface area contributed by atoms with E-state index in [1.54, 1.807) is 18.3 Å². The van der Waals surface area contributed by atoms with Crippen molar-refractivity contribution < 1.29 is 23.9 Å². The minimum absolute atomic E-state index is 0.195. The van der Waals surface area contributed by atoms with Crippen LogP contribution < -0.4 is 5.32 Å². The van der Waals surface area contributed by atoms with E-state index in [-0.39, 0.29) is 12.3 Å². The van der Waals surface area contributed by atoms with Gasteiger partial charge in [-0.25, -0.2) is 14.6 Å². The lowest BCUT2D eigenvalue weighted by atomic mass is 9.98. The average Bonchev–Trinajstić information content (AvgIpc) is 3.21. The van der Waals surface area contributed by atoms with Crippen molar-refractivity contribution >= 4 is 28.7 Å². The van der Waals surface area contributed by atoms with Gasteiger partial charge in [-0.1, -0.05) is 36.4 Å². The van der Waals surface area contributed by atoms with Crippen LogP contribution in [0.3, 0.4) is 0 Å². The Morgan fingerprint density at radius 1 is 0.943 bits per heavy atom. The van der Waals surface area contributed by atoms with Crippen molar-refractivity contribution in [3.05, 3.63) is 84.1 Å². The molecule has 2 aromatic heterocycles. The molecule has 0 saturated heterocycles. The summed E-state index contributed by atoms with van der Waals surface area (Å²) >= 11 is 0. The molecule has 1 amide bonds. The average molecular weight is 472 g/mol. The quantitative estimate of drug-likeness (QED) is 0.413. The number of benzene rings is 2. The number of nitrogens with one attached hydrogen (secondary N) is 1. The summed E-state index contributed by atoms with van der Waals surface area (Å²) in [6.45, 7) is 1.36. The third kappa shape index (κ3) is 4.77. The second-order valence-corrected chi connectivity index (χ2v) is 7.92. The summed E-state index contributed by atoms with van der Waals surface area (Å²) in [5.41, 5.74) is 3.74. The smallest absolute Gasteiger partial charge is 0.337 e. The molecule has 0 spiro atoms. The topological polar surface area (TPSA) is 99.5 Å². The summed E-state index contributed by atoms with van der Waals surface area (Å²) in [7, 11) is 2.63. The standard InChI is InChI=1S/C27H25N3O5/c1-17(31)29-22(27(33)35-3)16-21-20-8-4-5-9-23(20)30(24-10-6-7-15-28-24)25(21)18-11-13-19(14-12-18)26(32)34-2/h4-15,22H,16H2,1-3H3,(H,29,31)/t22-/m0/s1. The number of methoxy groups -OCH3 is 2. The van der Waals surface area contributed by atoms with E-state index >= 15 is 0 Å². The van der Waals surface area contributed by atoms with E-state index < -0.39 is 18.0 Å². The fraction of sp³-hybridized carbons (Fsp3) is 0.185. The molecular weight excluding hydrogens is 446 g/mol. The highest BCUT2D eigenvalue weighted by molar-refractivity contribution is 5.95. The molecule has 8 nitrogen and oxygen atoms in total. The largest absolute Gasteiger partial charge is 0.467 e. The summed E-state index contributed by atoms with van der Waals surface area (Å²) in [5, 5.41) is 3.61. The van der Waals surface area contributed by atoms with E-state index in [1.165, 1.54) is 21.1 Å². The number of esters is 2. The second-order valence-electron chi connectivity index (χ2n) is 7.92. The molecule has 4 aromatic rings.